The van der Waals surface area contributed by atoms with Crippen LogP contribution in [0.5, 0.6) is 0 Å². The topological polar surface area (TPSA) is 24.4 Å². The minimum Gasteiger partial charge on any atom is -0.335 e. The number of aliphatic imine (C=N–C) groups is 1. The second-order valence-electron chi connectivity index (χ2n) is 3.46. The third-order valence-corrected chi connectivity index (χ3v) is 3.23. The minimum absolute atomic E-state index is 0.942. The van der Waals surface area contributed by atoms with Gasteiger partial charge in [0.15, 0.2) is 5.17 Å². The van der Waals surface area contributed by atoms with Crippen molar-refractivity contribution in [1.82, 2.24) is 0 Å². The number of amidine groups is 1. The van der Waals surface area contributed by atoms with Crippen LogP contribution >= 0.6 is 11.8 Å². The third-order valence-electron chi connectivity index (χ3n) is 2.34. The molecular formula is C11H14N2S. The predicted molar refractivity (Wildman–Crippen MR) is 64.3 cm³/mol. The molecule has 0 saturated carbocycles. The molecule has 0 amide bonds. The Bertz CT molecular complexity index is 372. The molecule has 0 bridgehead atoms. The second-order valence-corrected chi connectivity index (χ2v) is 4.54. The van der Waals surface area contributed by atoms with Crippen LogP contribution in [-0.2, 0) is 0 Å². The second kappa shape index (κ2) is 4.05. The highest BCUT2D eigenvalue weighted by Gasteiger charge is 2.06. The number of aryl methyl sites for hydroxylation is 2. The highest BCUT2D eigenvalue weighted by atomic mass is 32.2. The van der Waals surface area contributed by atoms with Gasteiger partial charge in [-0.2, -0.15) is 0 Å². The van der Waals surface area contributed by atoms with Gasteiger partial charge in [-0.05, 0) is 37.1 Å². The standard InChI is InChI=1S/C11H14N2S/c1-8-3-4-10(7-9(8)2)13-11-12-5-6-14-11/h3-4,7H,5-6H2,1-2H3,(H,12,13). The predicted octanol–water partition coefficient (Wildman–Crippen LogP) is 2.82. The zero-order valence-electron chi connectivity index (χ0n) is 8.50. The average Bonchev–Trinajstić information content (AvgIpc) is 2.64. The third kappa shape index (κ3) is 2.10. The Hall–Kier alpha value is -0.960. The Morgan fingerprint density at radius 2 is 2.14 bits per heavy atom. The molecular weight excluding hydrogens is 192 g/mol. The summed E-state index contributed by atoms with van der Waals surface area (Å²) in [5.41, 5.74) is 3.79. The SMILES string of the molecule is Cc1ccc(NC2=NCCS2)cc1C. The van der Waals surface area contributed by atoms with Crippen LogP contribution in [0.1, 0.15) is 11.1 Å². The van der Waals surface area contributed by atoms with Crippen LogP contribution in [-0.4, -0.2) is 17.5 Å². The number of anilines is 1. The molecule has 74 valence electrons. The first-order valence-corrected chi connectivity index (χ1v) is 5.76. The zero-order valence-corrected chi connectivity index (χ0v) is 9.32. The van der Waals surface area contributed by atoms with Gasteiger partial charge in [0, 0.05) is 11.4 Å². The molecule has 3 heteroatoms. The van der Waals surface area contributed by atoms with Crippen molar-refractivity contribution in [2.24, 2.45) is 4.99 Å². The van der Waals surface area contributed by atoms with E-state index in [9.17, 15) is 0 Å². The van der Waals surface area contributed by atoms with Crippen molar-refractivity contribution >= 4 is 22.6 Å². The number of thioether (sulfide) groups is 1. The van der Waals surface area contributed by atoms with Gasteiger partial charge in [-0.3, -0.25) is 4.99 Å². The van der Waals surface area contributed by atoms with Crippen LogP contribution < -0.4 is 5.32 Å². The first-order chi connectivity index (χ1) is 6.75. The molecule has 1 aromatic rings. The molecule has 1 aromatic carbocycles. The van der Waals surface area contributed by atoms with Crippen molar-refractivity contribution in [3.8, 4) is 0 Å². The minimum atomic E-state index is 0.942. The van der Waals surface area contributed by atoms with E-state index in [-0.39, 0.29) is 0 Å². The normalized spacial score (nSPS) is 15.4. The number of hydrogen-bond donors (Lipinski definition) is 1. The molecule has 0 spiro atoms. The lowest BCUT2D eigenvalue weighted by atomic mass is 10.1. The fourth-order valence-corrected chi connectivity index (χ4v) is 2.10. The van der Waals surface area contributed by atoms with Gasteiger partial charge in [-0.15, -0.1) is 0 Å². The summed E-state index contributed by atoms with van der Waals surface area (Å²) in [6.07, 6.45) is 0. The van der Waals surface area contributed by atoms with Crippen molar-refractivity contribution in [3.05, 3.63) is 29.3 Å². The zero-order chi connectivity index (χ0) is 9.97. The Kier molecular flexibility index (Phi) is 2.77. The van der Waals surface area contributed by atoms with Gasteiger partial charge < -0.3 is 5.32 Å². The van der Waals surface area contributed by atoms with E-state index in [1.54, 1.807) is 11.8 Å². The monoisotopic (exact) mass is 206 g/mol. The van der Waals surface area contributed by atoms with Crippen molar-refractivity contribution in [2.75, 3.05) is 17.6 Å². The molecule has 2 nitrogen and oxygen atoms in total. The Morgan fingerprint density at radius 3 is 2.79 bits per heavy atom. The highest BCUT2D eigenvalue weighted by molar-refractivity contribution is 8.14. The smallest absolute Gasteiger partial charge is 0.161 e. The first-order valence-electron chi connectivity index (χ1n) is 4.77. The van der Waals surface area contributed by atoms with Gasteiger partial charge in [0.2, 0.25) is 0 Å². The van der Waals surface area contributed by atoms with E-state index in [0.717, 1.165) is 23.2 Å². The molecule has 0 radical (unpaired) electrons. The van der Waals surface area contributed by atoms with E-state index in [1.807, 2.05) is 0 Å². The van der Waals surface area contributed by atoms with E-state index in [1.165, 1.54) is 11.1 Å². The fourth-order valence-electron chi connectivity index (χ4n) is 1.35. The van der Waals surface area contributed by atoms with Crippen molar-refractivity contribution in [2.45, 2.75) is 13.8 Å². The summed E-state index contributed by atoms with van der Waals surface area (Å²) in [7, 11) is 0. The maximum Gasteiger partial charge on any atom is 0.161 e. The highest BCUT2D eigenvalue weighted by Crippen LogP contribution is 2.18. The van der Waals surface area contributed by atoms with E-state index in [0.29, 0.717) is 0 Å². The molecule has 2 rings (SSSR count). The molecule has 1 heterocycles. The first kappa shape index (κ1) is 9.59. The van der Waals surface area contributed by atoms with E-state index < -0.39 is 0 Å². The summed E-state index contributed by atoms with van der Waals surface area (Å²) in [5.74, 6) is 1.10. The van der Waals surface area contributed by atoms with Crippen molar-refractivity contribution in [3.63, 3.8) is 0 Å². The van der Waals surface area contributed by atoms with Gasteiger partial charge in [0.05, 0.1) is 6.54 Å². The quantitative estimate of drug-likeness (QED) is 0.764. The van der Waals surface area contributed by atoms with Crippen molar-refractivity contribution in [1.29, 1.82) is 0 Å². The van der Waals surface area contributed by atoms with Crippen LogP contribution in [0, 0.1) is 13.8 Å². The molecule has 0 saturated heterocycles. The number of rotatable bonds is 1. The number of hydrogen-bond acceptors (Lipinski definition) is 3. The Labute approximate surface area is 88.8 Å². The average molecular weight is 206 g/mol. The molecule has 0 aromatic heterocycles. The lowest BCUT2D eigenvalue weighted by Gasteiger charge is -2.07. The molecule has 14 heavy (non-hydrogen) atoms. The lowest BCUT2D eigenvalue weighted by molar-refractivity contribution is 1.17. The summed E-state index contributed by atoms with van der Waals surface area (Å²) < 4.78 is 0. The summed E-state index contributed by atoms with van der Waals surface area (Å²) in [4.78, 5) is 4.35. The fraction of sp³-hybridized carbons (Fsp3) is 0.364. The largest absolute Gasteiger partial charge is 0.335 e. The van der Waals surface area contributed by atoms with Crippen LogP contribution in [0.3, 0.4) is 0 Å². The number of benzene rings is 1. The van der Waals surface area contributed by atoms with Crippen molar-refractivity contribution < 1.29 is 0 Å². The van der Waals surface area contributed by atoms with E-state index in [4.69, 9.17) is 0 Å². The maximum absolute atomic E-state index is 4.35. The Balaban J connectivity index is 2.13. The number of nitrogens with one attached hydrogen (secondary N) is 1. The van der Waals surface area contributed by atoms with Crippen LogP contribution in [0.4, 0.5) is 5.69 Å². The van der Waals surface area contributed by atoms with Crippen LogP contribution in [0.15, 0.2) is 23.2 Å². The maximum atomic E-state index is 4.35. The molecule has 0 unspecified atom stereocenters. The molecule has 0 aliphatic carbocycles. The van der Waals surface area contributed by atoms with Gasteiger partial charge in [-0.25, -0.2) is 0 Å². The van der Waals surface area contributed by atoms with Gasteiger partial charge >= 0.3 is 0 Å². The summed E-state index contributed by atoms with van der Waals surface area (Å²) in [6, 6.07) is 6.40. The summed E-state index contributed by atoms with van der Waals surface area (Å²) in [6.45, 7) is 5.20. The van der Waals surface area contributed by atoms with Gasteiger partial charge in [0.1, 0.15) is 0 Å². The lowest BCUT2D eigenvalue weighted by Crippen LogP contribution is -2.04. The van der Waals surface area contributed by atoms with E-state index in [2.05, 4.69) is 42.4 Å². The van der Waals surface area contributed by atoms with Gasteiger partial charge in [-0.1, -0.05) is 17.8 Å². The summed E-state index contributed by atoms with van der Waals surface area (Å²) in [5, 5.41) is 4.37. The molecule has 0 fully saturated rings. The van der Waals surface area contributed by atoms with Crippen LogP contribution in [0.2, 0.25) is 0 Å². The molecule has 1 aliphatic rings. The van der Waals surface area contributed by atoms with E-state index >= 15 is 0 Å². The Morgan fingerprint density at radius 1 is 1.29 bits per heavy atom. The molecule has 0 atom stereocenters. The number of nitrogens with zero attached hydrogens (tertiary/aromatic N) is 1. The van der Waals surface area contributed by atoms with Crippen LogP contribution in [0.25, 0.3) is 0 Å². The molecule has 1 N–H and O–H groups in total. The molecule has 1 aliphatic heterocycles. The van der Waals surface area contributed by atoms with Gasteiger partial charge in [0.25, 0.3) is 0 Å². The summed E-state index contributed by atoms with van der Waals surface area (Å²) >= 11 is 1.79.